The van der Waals surface area contributed by atoms with Crippen LogP contribution in [0.5, 0.6) is 0 Å². The fourth-order valence-corrected chi connectivity index (χ4v) is 4.53. The van der Waals surface area contributed by atoms with Crippen molar-refractivity contribution in [2.75, 3.05) is 42.2 Å². The molecule has 0 atom stereocenters. The molecule has 0 aromatic carbocycles. The van der Waals surface area contributed by atoms with Gasteiger partial charge in [-0.1, -0.05) is 11.3 Å². The number of hydrogen-bond acceptors (Lipinski definition) is 9. The van der Waals surface area contributed by atoms with E-state index >= 15 is 0 Å². The Labute approximate surface area is 142 Å². The molecule has 0 N–H and O–H groups in total. The van der Waals surface area contributed by atoms with Crippen molar-refractivity contribution in [2.45, 2.75) is 4.21 Å². The Kier molecular flexibility index (Phi) is 4.37. The van der Waals surface area contributed by atoms with E-state index in [1.165, 1.54) is 0 Å². The highest BCUT2D eigenvalue weighted by molar-refractivity contribution is 7.92. The molecule has 0 aliphatic carbocycles. The van der Waals surface area contributed by atoms with Crippen LogP contribution in [0, 0.1) is 10.1 Å². The molecule has 1 aliphatic rings. The van der Waals surface area contributed by atoms with Crippen molar-refractivity contribution in [1.82, 2.24) is 9.97 Å². The molecule has 1 aliphatic heterocycles. The van der Waals surface area contributed by atoms with Crippen LogP contribution in [0.3, 0.4) is 0 Å². The zero-order chi connectivity index (χ0) is 17.3. The van der Waals surface area contributed by atoms with Crippen molar-refractivity contribution >= 4 is 37.8 Å². The summed E-state index contributed by atoms with van der Waals surface area (Å²) in [5.74, 6) is 0.620. The van der Waals surface area contributed by atoms with Gasteiger partial charge in [0.2, 0.25) is 5.95 Å². The summed E-state index contributed by atoms with van der Waals surface area (Å²) in [6.07, 6.45) is 4.38. The largest absolute Gasteiger partial charge is 0.354 e. The van der Waals surface area contributed by atoms with E-state index in [0.29, 0.717) is 37.1 Å². The molecule has 2 aromatic heterocycles. The lowest BCUT2D eigenvalue weighted by Gasteiger charge is -2.34. The summed E-state index contributed by atoms with van der Waals surface area (Å²) in [5.41, 5.74) is -0.162. The number of sulfone groups is 1. The van der Waals surface area contributed by atoms with Gasteiger partial charge in [0.25, 0.3) is 0 Å². The summed E-state index contributed by atoms with van der Waals surface area (Å²) in [6, 6.07) is 2.88. The van der Waals surface area contributed by atoms with Crippen LogP contribution >= 0.6 is 11.3 Å². The molecule has 0 saturated carbocycles. The Bertz CT molecular complexity index is 845. The standard InChI is InChI=1S/C13H15N5O4S2/c1-24(21,22)11-9-10(18(19)20)12(23-11)16-5-7-17(8-6-16)13-14-3-2-4-15-13/h2-4,9H,5-8H2,1H3. The molecule has 128 valence electrons. The highest BCUT2D eigenvalue weighted by Gasteiger charge is 2.29. The Morgan fingerprint density at radius 3 is 2.29 bits per heavy atom. The molecule has 3 heterocycles. The van der Waals surface area contributed by atoms with Crippen molar-refractivity contribution < 1.29 is 13.3 Å². The summed E-state index contributed by atoms with van der Waals surface area (Å²) in [4.78, 5) is 22.9. The van der Waals surface area contributed by atoms with E-state index in [0.717, 1.165) is 23.7 Å². The predicted molar refractivity (Wildman–Crippen MR) is 90.5 cm³/mol. The second-order valence-corrected chi connectivity index (χ2v) is 8.58. The molecule has 9 nitrogen and oxygen atoms in total. The molecular weight excluding hydrogens is 354 g/mol. The first-order chi connectivity index (χ1) is 11.4. The van der Waals surface area contributed by atoms with Crippen LogP contribution in [0.2, 0.25) is 0 Å². The van der Waals surface area contributed by atoms with Gasteiger partial charge in [-0.15, -0.1) is 0 Å². The Morgan fingerprint density at radius 2 is 1.75 bits per heavy atom. The molecule has 0 unspecified atom stereocenters. The van der Waals surface area contributed by atoms with Crippen LogP contribution in [0.25, 0.3) is 0 Å². The fourth-order valence-electron chi connectivity index (χ4n) is 2.45. The van der Waals surface area contributed by atoms with Crippen LogP contribution < -0.4 is 9.80 Å². The first-order valence-corrected chi connectivity index (χ1v) is 9.82. The van der Waals surface area contributed by atoms with Gasteiger partial charge in [0, 0.05) is 50.9 Å². The quantitative estimate of drug-likeness (QED) is 0.584. The van der Waals surface area contributed by atoms with Crippen molar-refractivity contribution in [3.05, 3.63) is 34.6 Å². The molecule has 0 bridgehead atoms. The average molecular weight is 369 g/mol. The van der Waals surface area contributed by atoms with E-state index in [4.69, 9.17) is 0 Å². The van der Waals surface area contributed by atoms with Crippen molar-refractivity contribution in [3.8, 4) is 0 Å². The van der Waals surface area contributed by atoms with Crippen molar-refractivity contribution in [1.29, 1.82) is 0 Å². The zero-order valence-corrected chi connectivity index (χ0v) is 14.5. The summed E-state index contributed by atoms with van der Waals surface area (Å²) in [6.45, 7) is 2.27. The first kappa shape index (κ1) is 16.6. The molecule has 2 aromatic rings. The predicted octanol–water partition coefficient (Wildman–Crippen LogP) is 1.18. The highest BCUT2D eigenvalue weighted by Crippen LogP contribution is 2.40. The summed E-state index contributed by atoms with van der Waals surface area (Å²) >= 11 is 0.945. The number of nitro groups is 1. The first-order valence-electron chi connectivity index (χ1n) is 7.11. The topological polar surface area (TPSA) is 110 Å². The van der Waals surface area contributed by atoms with E-state index in [-0.39, 0.29) is 9.90 Å². The minimum atomic E-state index is -3.47. The van der Waals surface area contributed by atoms with E-state index in [2.05, 4.69) is 9.97 Å². The van der Waals surface area contributed by atoms with Crippen molar-refractivity contribution in [3.63, 3.8) is 0 Å². The van der Waals surface area contributed by atoms with Crippen LogP contribution in [0.1, 0.15) is 0 Å². The second kappa shape index (κ2) is 6.32. The van der Waals surface area contributed by atoms with Gasteiger partial charge in [-0.3, -0.25) is 10.1 Å². The monoisotopic (exact) mass is 369 g/mol. The maximum Gasteiger partial charge on any atom is 0.305 e. The fraction of sp³-hybridized carbons (Fsp3) is 0.385. The maximum absolute atomic E-state index is 11.7. The van der Waals surface area contributed by atoms with Gasteiger partial charge in [0.05, 0.1) is 4.92 Å². The third-order valence-electron chi connectivity index (χ3n) is 3.63. The van der Waals surface area contributed by atoms with Crippen LogP contribution in [0.4, 0.5) is 16.6 Å². The molecule has 1 fully saturated rings. The summed E-state index contributed by atoms with van der Waals surface area (Å²) in [7, 11) is -3.47. The van der Waals surface area contributed by atoms with E-state index < -0.39 is 14.8 Å². The van der Waals surface area contributed by atoms with Gasteiger partial charge in [-0.05, 0) is 6.07 Å². The number of nitrogens with zero attached hydrogens (tertiary/aromatic N) is 5. The van der Waals surface area contributed by atoms with Gasteiger partial charge in [-0.2, -0.15) is 0 Å². The zero-order valence-electron chi connectivity index (χ0n) is 12.8. The Hall–Kier alpha value is -2.27. The number of rotatable bonds is 4. The lowest BCUT2D eigenvalue weighted by molar-refractivity contribution is -0.383. The lowest BCUT2D eigenvalue weighted by atomic mass is 10.3. The molecule has 0 amide bonds. The third-order valence-corrected chi connectivity index (χ3v) is 6.62. The van der Waals surface area contributed by atoms with Crippen molar-refractivity contribution in [2.24, 2.45) is 0 Å². The third kappa shape index (κ3) is 3.31. The Morgan fingerprint density at radius 1 is 1.17 bits per heavy atom. The molecule has 11 heteroatoms. The molecule has 1 saturated heterocycles. The average Bonchev–Trinajstić information content (AvgIpc) is 3.02. The lowest BCUT2D eigenvalue weighted by Crippen LogP contribution is -2.47. The van der Waals surface area contributed by atoms with Gasteiger partial charge in [0.1, 0.15) is 4.21 Å². The van der Waals surface area contributed by atoms with Crippen LogP contribution in [0.15, 0.2) is 28.7 Å². The number of thiophene rings is 1. The van der Waals surface area contributed by atoms with Gasteiger partial charge < -0.3 is 9.80 Å². The minimum absolute atomic E-state index is 0.0121. The van der Waals surface area contributed by atoms with Crippen LogP contribution in [-0.2, 0) is 9.84 Å². The molecule has 3 rings (SSSR count). The van der Waals surface area contributed by atoms with Crippen LogP contribution in [-0.4, -0.2) is 55.7 Å². The maximum atomic E-state index is 11.7. The number of piperazine rings is 1. The smallest absolute Gasteiger partial charge is 0.305 e. The number of hydrogen-bond donors (Lipinski definition) is 0. The van der Waals surface area contributed by atoms with Gasteiger partial charge in [0.15, 0.2) is 14.8 Å². The molecule has 24 heavy (non-hydrogen) atoms. The SMILES string of the molecule is CS(=O)(=O)c1cc([N+](=O)[O-])c(N2CCN(c3ncccn3)CC2)s1. The van der Waals surface area contributed by atoms with E-state index in [1.807, 2.05) is 9.80 Å². The molecule has 0 radical (unpaired) electrons. The van der Waals surface area contributed by atoms with Gasteiger partial charge in [-0.25, -0.2) is 18.4 Å². The van der Waals surface area contributed by atoms with Gasteiger partial charge >= 0.3 is 5.69 Å². The highest BCUT2D eigenvalue weighted by atomic mass is 32.2. The normalized spacial score (nSPS) is 15.5. The minimum Gasteiger partial charge on any atom is -0.354 e. The summed E-state index contributed by atoms with van der Waals surface area (Å²) in [5, 5.41) is 11.6. The number of anilines is 2. The molecular formula is C13H15N5O4S2. The van der Waals surface area contributed by atoms with E-state index in [9.17, 15) is 18.5 Å². The summed E-state index contributed by atoms with van der Waals surface area (Å²) < 4.78 is 23.4. The van der Waals surface area contributed by atoms with E-state index in [1.54, 1.807) is 18.5 Å². The number of aromatic nitrogens is 2. The second-order valence-electron chi connectivity index (χ2n) is 5.31. The Balaban J connectivity index is 1.81. The molecule has 0 spiro atoms.